The molecule has 3 heteroatoms. The van der Waals surface area contributed by atoms with E-state index in [0.717, 1.165) is 43.0 Å². The van der Waals surface area contributed by atoms with Gasteiger partial charge in [0, 0.05) is 17.8 Å². The van der Waals surface area contributed by atoms with Gasteiger partial charge in [-0.1, -0.05) is 50.3 Å². The number of para-hydroxylation sites is 1. The molecule has 1 aromatic carbocycles. The first-order valence-electron chi connectivity index (χ1n) is 7.78. The van der Waals surface area contributed by atoms with Crippen LogP contribution in [0.25, 0.3) is 0 Å². The van der Waals surface area contributed by atoms with Gasteiger partial charge in [-0.25, -0.2) is 0 Å². The summed E-state index contributed by atoms with van der Waals surface area (Å²) in [4.78, 5) is 4.80. The maximum atomic E-state index is 6.22. The molecule has 0 spiro atoms. The first kappa shape index (κ1) is 15.4. The summed E-state index contributed by atoms with van der Waals surface area (Å²) >= 11 is 6.22. The molecule has 0 aliphatic carbocycles. The Morgan fingerprint density at radius 2 is 2.05 bits per heavy atom. The zero-order valence-corrected chi connectivity index (χ0v) is 13.1. The van der Waals surface area contributed by atoms with Gasteiger partial charge >= 0.3 is 0 Å². The highest BCUT2D eigenvalue weighted by atomic mass is 35.5. The molecule has 0 amide bonds. The van der Waals surface area contributed by atoms with E-state index in [0.29, 0.717) is 5.02 Å². The molecule has 0 N–H and O–H groups in total. The molecule has 1 aromatic rings. The van der Waals surface area contributed by atoms with Crippen LogP contribution in [0, 0.1) is 0 Å². The molecule has 0 bridgehead atoms. The molecule has 110 valence electrons. The lowest BCUT2D eigenvalue weighted by Gasteiger charge is -2.09. The molecule has 2 nitrogen and oxygen atoms in total. The number of halogens is 1. The lowest BCUT2D eigenvalue weighted by atomic mass is 10.1. The molecule has 0 radical (unpaired) electrons. The van der Waals surface area contributed by atoms with Gasteiger partial charge in [-0.3, -0.25) is 4.99 Å². The molecular weight excluding hydrogens is 270 g/mol. The molecule has 20 heavy (non-hydrogen) atoms. The molecule has 0 atom stereocenters. The van der Waals surface area contributed by atoms with E-state index in [2.05, 4.69) is 13.0 Å². The van der Waals surface area contributed by atoms with Crippen molar-refractivity contribution in [3.05, 3.63) is 28.8 Å². The van der Waals surface area contributed by atoms with Crippen LogP contribution < -0.4 is 4.74 Å². The van der Waals surface area contributed by atoms with Crippen molar-refractivity contribution in [3.8, 4) is 5.75 Å². The average molecular weight is 294 g/mol. The van der Waals surface area contributed by atoms with Crippen LogP contribution in [0.4, 0.5) is 0 Å². The quantitative estimate of drug-likeness (QED) is 0.655. The van der Waals surface area contributed by atoms with Gasteiger partial charge in [0.05, 0.1) is 11.6 Å². The number of ether oxygens (including phenoxy) is 1. The molecule has 0 fully saturated rings. The van der Waals surface area contributed by atoms with Gasteiger partial charge < -0.3 is 4.74 Å². The summed E-state index contributed by atoms with van der Waals surface area (Å²) in [5.41, 5.74) is 2.25. The van der Waals surface area contributed by atoms with E-state index in [9.17, 15) is 0 Å². The highest BCUT2D eigenvalue weighted by Gasteiger charge is 2.16. The smallest absolute Gasteiger partial charge is 0.146 e. The standard InChI is InChI=1S/C17H24ClNO/c1-2-3-4-5-6-12-19-16-11-8-13-20-17-14(16)9-7-10-15(17)18/h7,9-10H,2-6,8,11-13H2,1H3. The Morgan fingerprint density at radius 1 is 1.20 bits per heavy atom. The van der Waals surface area contributed by atoms with Gasteiger partial charge in [0.1, 0.15) is 5.75 Å². The van der Waals surface area contributed by atoms with Crippen molar-refractivity contribution in [1.82, 2.24) is 0 Å². The monoisotopic (exact) mass is 293 g/mol. The van der Waals surface area contributed by atoms with E-state index >= 15 is 0 Å². The van der Waals surface area contributed by atoms with E-state index in [1.165, 1.54) is 32.1 Å². The number of hydrogen-bond donors (Lipinski definition) is 0. The molecule has 0 saturated carbocycles. The summed E-state index contributed by atoms with van der Waals surface area (Å²) in [5.74, 6) is 0.816. The zero-order valence-electron chi connectivity index (χ0n) is 12.3. The van der Waals surface area contributed by atoms with Crippen molar-refractivity contribution < 1.29 is 4.74 Å². The topological polar surface area (TPSA) is 21.6 Å². The number of fused-ring (bicyclic) bond motifs is 1. The van der Waals surface area contributed by atoms with Crippen molar-refractivity contribution >= 4 is 17.3 Å². The second-order valence-electron chi connectivity index (χ2n) is 5.31. The molecule has 1 heterocycles. The molecule has 0 unspecified atom stereocenters. The van der Waals surface area contributed by atoms with Gasteiger partial charge in [-0.2, -0.15) is 0 Å². The SMILES string of the molecule is CCCCCCCN=C1CCCOc2c(Cl)cccc21. The van der Waals surface area contributed by atoms with Crippen LogP contribution in [0.15, 0.2) is 23.2 Å². The number of unbranched alkanes of at least 4 members (excludes halogenated alkanes) is 4. The van der Waals surface area contributed by atoms with E-state index < -0.39 is 0 Å². The Bertz CT molecular complexity index is 456. The van der Waals surface area contributed by atoms with Crippen LogP contribution in [0.2, 0.25) is 5.02 Å². The third-order valence-electron chi connectivity index (χ3n) is 3.65. The number of rotatable bonds is 6. The lowest BCUT2D eigenvalue weighted by molar-refractivity contribution is 0.318. The van der Waals surface area contributed by atoms with Gasteiger partial charge in [-0.15, -0.1) is 0 Å². The van der Waals surface area contributed by atoms with Gasteiger partial charge in [0.15, 0.2) is 0 Å². The number of nitrogens with zero attached hydrogens (tertiary/aromatic N) is 1. The van der Waals surface area contributed by atoms with Gasteiger partial charge in [0.2, 0.25) is 0 Å². The summed E-state index contributed by atoms with van der Waals surface area (Å²) in [6.07, 6.45) is 8.42. The van der Waals surface area contributed by atoms with Gasteiger partial charge in [-0.05, 0) is 31.4 Å². The van der Waals surface area contributed by atoms with E-state index in [-0.39, 0.29) is 0 Å². The Labute approximate surface area is 127 Å². The maximum absolute atomic E-state index is 6.22. The minimum Gasteiger partial charge on any atom is -0.491 e. The Hall–Kier alpha value is -1.02. The predicted molar refractivity (Wildman–Crippen MR) is 86.3 cm³/mol. The van der Waals surface area contributed by atoms with Crippen LogP contribution in [0.1, 0.15) is 57.4 Å². The molecule has 0 aromatic heterocycles. The molecule has 0 saturated heterocycles. The van der Waals surface area contributed by atoms with Crippen molar-refractivity contribution in [1.29, 1.82) is 0 Å². The van der Waals surface area contributed by atoms with Gasteiger partial charge in [0.25, 0.3) is 0 Å². The number of hydrogen-bond acceptors (Lipinski definition) is 2. The van der Waals surface area contributed by atoms with Crippen molar-refractivity contribution in [2.75, 3.05) is 13.2 Å². The average Bonchev–Trinajstić information content (AvgIpc) is 2.66. The highest BCUT2D eigenvalue weighted by molar-refractivity contribution is 6.32. The summed E-state index contributed by atoms with van der Waals surface area (Å²) in [6, 6.07) is 5.93. The van der Waals surface area contributed by atoms with Crippen LogP contribution in [0.5, 0.6) is 5.75 Å². The van der Waals surface area contributed by atoms with Crippen LogP contribution in [-0.4, -0.2) is 18.9 Å². The number of benzene rings is 1. The van der Waals surface area contributed by atoms with E-state index in [4.69, 9.17) is 21.3 Å². The number of aliphatic imine (C=N–C) groups is 1. The fourth-order valence-electron chi connectivity index (χ4n) is 2.52. The fourth-order valence-corrected chi connectivity index (χ4v) is 2.75. The fraction of sp³-hybridized carbons (Fsp3) is 0.588. The third kappa shape index (κ3) is 4.24. The Kier molecular flexibility index (Phi) is 6.38. The molecule has 1 aliphatic rings. The second-order valence-corrected chi connectivity index (χ2v) is 5.72. The minimum atomic E-state index is 0.694. The third-order valence-corrected chi connectivity index (χ3v) is 3.94. The maximum Gasteiger partial charge on any atom is 0.146 e. The van der Waals surface area contributed by atoms with Crippen LogP contribution >= 0.6 is 11.6 Å². The van der Waals surface area contributed by atoms with Crippen molar-refractivity contribution in [2.24, 2.45) is 4.99 Å². The molecular formula is C17H24ClNO. The van der Waals surface area contributed by atoms with E-state index in [1.807, 2.05) is 12.1 Å². The van der Waals surface area contributed by atoms with E-state index in [1.54, 1.807) is 0 Å². The van der Waals surface area contributed by atoms with Crippen LogP contribution in [0.3, 0.4) is 0 Å². The second kappa shape index (κ2) is 8.31. The Balaban J connectivity index is 1.99. The lowest BCUT2D eigenvalue weighted by Crippen LogP contribution is -2.01. The zero-order chi connectivity index (χ0) is 14.2. The first-order chi connectivity index (χ1) is 9.83. The van der Waals surface area contributed by atoms with Crippen molar-refractivity contribution in [3.63, 3.8) is 0 Å². The molecule has 1 aliphatic heterocycles. The highest BCUT2D eigenvalue weighted by Crippen LogP contribution is 2.32. The predicted octanol–water partition coefficient (Wildman–Crippen LogP) is 5.27. The summed E-state index contributed by atoms with van der Waals surface area (Å²) < 4.78 is 5.76. The molecule has 2 rings (SSSR count). The summed E-state index contributed by atoms with van der Waals surface area (Å²) in [7, 11) is 0. The minimum absolute atomic E-state index is 0.694. The normalized spacial score (nSPS) is 16.6. The Morgan fingerprint density at radius 3 is 2.90 bits per heavy atom. The first-order valence-corrected chi connectivity index (χ1v) is 8.15. The summed E-state index contributed by atoms with van der Waals surface area (Å²) in [6.45, 7) is 3.89. The summed E-state index contributed by atoms with van der Waals surface area (Å²) in [5, 5.41) is 0.694. The van der Waals surface area contributed by atoms with Crippen LogP contribution in [-0.2, 0) is 0 Å². The largest absolute Gasteiger partial charge is 0.491 e. The van der Waals surface area contributed by atoms with Crippen molar-refractivity contribution in [2.45, 2.75) is 51.9 Å².